The van der Waals surface area contributed by atoms with Crippen LogP contribution in [-0.2, 0) is 5.41 Å². The molecule has 5 aromatic rings. The summed E-state index contributed by atoms with van der Waals surface area (Å²) in [4.78, 5) is 0. The van der Waals surface area contributed by atoms with E-state index < -0.39 is 0 Å². The molecule has 0 unspecified atom stereocenters. The van der Waals surface area contributed by atoms with Gasteiger partial charge in [-0.25, -0.2) is 0 Å². The van der Waals surface area contributed by atoms with Crippen molar-refractivity contribution in [2.45, 2.75) is 33.1 Å². The van der Waals surface area contributed by atoms with E-state index in [2.05, 4.69) is 113 Å². The van der Waals surface area contributed by atoms with Crippen LogP contribution in [-0.4, -0.2) is 0 Å². The van der Waals surface area contributed by atoms with Gasteiger partial charge in [-0.2, -0.15) is 0 Å². The lowest BCUT2D eigenvalue weighted by atomic mass is 9.85. The molecule has 29 heavy (non-hydrogen) atoms. The fourth-order valence-electron chi connectivity index (χ4n) is 4.58. The van der Waals surface area contributed by atoms with Gasteiger partial charge in [0.1, 0.15) is 0 Å². The molecular weight excluding hydrogens is 348 g/mol. The second-order valence-corrected chi connectivity index (χ2v) is 9.12. The summed E-state index contributed by atoms with van der Waals surface area (Å²) in [6, 6.07) is 31.4. The maximum atomic E-state index is 2.38. The number of benzene rings is 5. The number of aryl methyl sites for hydroxylation is 1. The van der Waals surface area contributed by atoms with Crippen LogP contribution in [0.1, 0.15) is 31.9 Å². The summed E-state index contributed by atoms with van der Waals surface area (Å²) in [5.41, 5.74) is 5.49. The third-order valence-corrected chi connectivity index (χ3v) is 6.19. The van der Waals surface area contributed by atoms with Gasteiger partial charge in [-0.1, -0.05) is 93.6 Å². The smallest absolute Gasteiger partial charge is 0.00693 e. The molecule has 0 aliphatic carbocycles. The average molecular weight is 375 g/mol. The molecule has 0 N–H and O–H groups in total. The molecule has 0 aliphatic heterocycles. The van der Waals surface area contributed by atoms with E-state index in [1.54, 1.807) is 0 Å². The van der Waals surface area contributed by atoms with Gasteiger partial charge in [0, 0.05) is 0 Å². The van der Waals surface area contributed by atoms with Gasteiger partial charge in [0.2, 0.25) is 0 Å². The van der Waals surface area contributed by atoms with Crippen LogP contribution >= 0.6 is 0 Å². The summed E-state index contributed by atoms with van der Waals surface area (Å²) in [6.45, 7) is 9.05. The normalized spacial score (nSPS) is 12.1. The zero-order valence-corrected chi connectivity index (χ0v) is 17.6. The first-order chi connectivity index (χ1) is 13.9. The Morgan fingerprint density at radius 2 is 1.21 bits per heavy atom. The Morgan fingerprint density at radius 1 is 0.586 bits per heavy atom. The zero-order chi connectivity index (χ0) is 20.2. The minimum atomic E-state index is 0.167. The molecule has 0 heteroatoms. The fourth-order valence-corrected chi connectivity index (χ4v) is 4.58. The van der Waals surface area contributed by atoms with E-state index in [0.717, 1.165) is 0 Å². The van der Waals surface area contributed by atoms with Crippen molar-refractivity contribution >= 4 is 32.3 Å². The molecular formula is C29H26. The zero-order valence-electron chi connectivity index (χ0n) is 17.6. The number of hydrogen-bond acceptors (Lipinski definition) is 0. The Hall–Kier alpha value is -3.12. The monoisotopic (exact) mass is 374 g/mol. The first-order valence-corrected chi connectivity index (χ1v) is 10.4. The van der Waals surface area contributed by atoms with Gasteiger partial charge in [-0.15, -0.1) is 0 Å². The van der Waals surface area contributed by atoms with Crippen molar-refractivity contribution in [1.82, 2.24) is 0 Å². The average Bonchev–Trinajstić information content (AvgIpc) is 2.72. The molecule has 0 fully saturated rings. The second-order valence-electron chi connectivity index (χ2n) is 9.12. The van der Waals surface area contributed by atoms with Crippen LogP contribution in [0.25, 0.3) is 43.4 Å². The van der Waals surface area contributed by atoms with Crippen molar-refractivity contribution < 1.29 is 0 Å². The summed E-state index contributed by atoms with van der Waals surface area (Å²) in [7, 11) is 0. The third-order valence-electron chi connectivity index (χ3n) is 6.19. The lowest BCUT2D eigenvalue weighted by Gasteiger charge is -2.20. The van der Waals surface area contributed by atoms with Crippen LogP contribution in [0.2, 0.25) is 0 Å². The summed E-state index contributed by atoms with van der Waals surface area (Å²) < 4.78 is 0. The van der Waals surface area contributed by atoms with E-state index in [9.17, 15) is 0 Å². The second kappa shape index (κ2) is 6.46. The molecule has 0 spiro atoms. The minimum Gasteiger partial charge on any atom is -0.0616 e. The van der Waals surface area contributed by atoms with E-state index in [4.69, 9.17) is 0 Å². The number of fused-ring (bicyclic) bond motifs is 4. The molecule has 0 amide bonds. The van der Waals surface area contributed by atoms with Crippen LogP contribution < -0.4 is 0 Å². The molecule has 0 heterocycles. The largest absolute Gasteiger partial charge is 0.0616 e. The van der Waals surface area contributed by atoms with E-state index in [-0.39, 0.29) is 5.41 Å². The van der Waals surface area contributed by atoms with Gasteiger partial charge in [0.15, 0.2) is 0 Å². The maximum absolute atomic E-state index is 2.38. The summed E-state index contributed by atoms with van der Waals surface area (Å²) in [6.07, 6.45) is 0. The van der Waals surface area contributed by atoms with Crippen molar-refractivity contribution in [2.24, 2.45) is 0 Å². The van der Waals surface area contributed by atoms with Crippen LogP contribution in [0.5, 0.6) is 0 Å². The van der Waals surface area contributed by atoms with Gasteiger partial charge in [-0.3, -0.25) is 0 Å². The van der Waals surface area contributed by atoms with Gasteiger partial charge in [-0.05, 0) is 79.0 Å². The Kier molecular flexibility index (Phi) is 3.99. The molecule has 5 rings (SSSR count). The summed E-state index contributed by atoms with van der Waals surface area (Å²) in [5, 5.41) is 7.99. The molecule has 0 radical (unpaired) electrons. The van der Waals surface area contributed by atoms with E-state index >= 15 is 0 Å². The molecule has 5 aromatic carbocycles. The predicted molar refractivity (Wildman–Crippen MR) is 128 cm³/mol. The van der Waals surface area contributed by atoms with Crippen molar-refractivity contribution in [1.29, 1.82) is 0 Å². The Labute approximate surface area is 172 Å². The molecule has 0 saturated carbocycles. The molecule has 0 bridgehead atoms. The molecule has 0 aliphatic rings. The predicted octanol–water partition coefficient (Wildman–Crippen LogP) is 8.42. The van der Waals surface area contributed by atoms with E-state index in [1.807, 2.05) is 0 Å². The van der Waals surface area contributed by atoms with Crippen LogP contribution in [0.3, 0.4) is 0 Å². The summed E-state index contributed by atoms with van der Waals surface area (Å²) in [5.74, 6) is 0. The van der Waals surface area contributed by atoms with Crippen molar-refractivity contribution in [2.75, 3.05) is 0 Å². The van der Waals surface area contributed by atoms with Crippen molar-refractivity contribution in [3.05, 3.63) is 96.1 Å². The molecule has 0 saturated heterocycles. The van der Waals surface area contributed by atoms with E-state index in [0.29, 0.717) is 0 Å². The minimum absolute atomic E-state index is 0.167. The molecule has 0 atom stereocenters. The van der Waals surface area contributed by atoms with E-state index in [1.165, 1.54) is 54.6 Å². The van der Waals surface area contributed by atoms with Gasteiger partial charge in [0.25, 0.3) is 0 Å². The lowest BCUT2D eigenvalue weighted by molar-refractivity contribution is 0.590. The highest BCUT2D eigenvalue weighted by Gasteiger charge is 2.15. The van der Waals surface area contributed by atoms with Gasteiger partial charge >= 0.3 is 0 Å². The van der Waals surface area contributed by atoms with Crippen LogP contribution in [0, 0.1) is 6.92 Å². The SMILES string of the molecule is Cc1c2ccccc2cc2cc(-c3ccc(C(C)(C)C)cc3)c3ccccc3c12. The van der Waals surface area contributed by atoms with Gasteiger partial charge in [0.05, 0.1) is 0 Å². The van der Waals surface area contributed by atoms with Crippen LogP contribution in [0.4, 0.5) is 0 Å². The number of rotatable bonds is 1. The van der Waals surface area contributed by atoms with Gasteiger partial charge < -0.3 is 0 Å². The quantitative estimate of drug-likeness (QED) is 0.204. The summed E-state index contributed by atoms with van der Waals surface area (Å²) >= 11 is 0. The lowest BCUT2D eigenvalue weighted by Crippen LogP contribution is -2.10. The fraction of sp³-hybridized carbons (Fsp3) is 0.172. The highest BCUT2D eigenvalue weighted by molar-refractivity contribution is 6.18. The Balaban J connectivity index is 1.85. The first-order valence-electron chi connectivity index (χ1n) is 10.4. The number of hydrogen-bond donors (Lipinski definition) is 0. The highest BCUT2D eigenvalue weighted by atomic mass is 14.2. The van der Waals surface area contributed by atoms with Crippen molar-refractivity contribution in [3.8, 4) is 11.1 Å². The first kappa shape index (κ1) is 17.9. The highest BCUT2D eigenvalue weighted by Crippen LogP contribution is 2.39. The molecule has 0 aromatic heterocycles. The Morgan fingerprint density at radius 3 is 1.90 bits per heavy atom. The maximum Gasteiger partial charge on any atom is -0.00693 e. The molecule has 142 valence electrons. The Bertz CT molecular complexity index is 1360. The third kappa shape index (κ3) is 2.91. The molecule has 0 nitrogen and oxygen atoms in total. The van der Waals surface area contributed by atoms with Crippen molar-refractivity contribution in [3.63, 3.8) is 0 Å². The topological polar surface area (TPSA) is 0 Å². The standard InChI is InChI=1S/C29H26/c1-19-24-10-6-5-9-21(24)17-22-18-27(25-11-7-8-12-26(25)28(19)22)20-13-15-23(16-14-20)29(2,3)4/h5-18H,1-4H3. The van der Waals surface area contributed by atoms with Crippen LogP contribution in [0.15, 0.2) is 84.9 Å².